The molecule has 8 aliphatic carbocycles. The van der Waals surface area contributed by atoms with Gasteiger partial charge >= 0.3 is 11.9 Å². The lowest BCUT2D eigenvalue weighted by molar-refractivity contribution is -0.225. The standard InChI is InChI=1S/C19H32O2.C16H26O3/c1-6-17(2,3)16(20)21-18(4,5)19-10-13-7-14(11-19)9-15(8-13)12-19;1-4-14(2,3)13(17)19-16-8-11-5-12(9-16)7-15(18,6-11)10-16/h13-15H,6-12H2,1-5H3;11-12,18H,4-10H2,1-3H3. The van der Waals surface area contributed by atoms with Crippen LogP contribution in [0.5, 0.6) is 0 Å². The molecule has 0 aromatic rings. The summed E-state index contributed by atoms with van der Waals surface area (Å²) < 4.78 is 12.1. The van der Waals surface area contributed by atoms with Crippen molar-refractivity contribution in [1.29, 1.82) is 0 Å². The number of ether oxygens (including phenoxy) is 2. The van der Waals surface area contributed by atoms with Gasteiger partial charge in [0.15, 0.2) is 0 Å². The topological polar surface area (TPSA) is 72.8 Å². The van der Waals surface area contributed by atoms with Crippen LogP contribution in [-0.4, -0.2) is 33.8 Å². The van der Waals surface area contributed by atoms with E-state index in [9.17, 15) is 14.7 Å². The van der Waals surface area contributed by atoms with Gasteiger partial charge in [0.25, 0.3) is 0 Å². The Hall–Kier alpha value is -1.10. The third-order valence-corrected chi connectivity index (χ3v) is 12.8. The molecule has 8 rings (SSSR count). The number of aliphatic hydroxyl groups is 1. The zero-order chi connectivity index (χ0) is 29.4. The third kappa shape index (κ3) is 5.51. The molecule has 8 saturated carbocycles. The highest BCUT2D eigenvalue weighted by Gasteiger charge is 2.60. The highest BCUT2D eigenvalue weighted by Crippen LogP contribution is 2.64. The Bertz CT molecular complexity index is 940. The van der Waals surface area contributed by atoms with Crippen molar-refractivity contribution in [3.63, 3.8) is 0 Å². The molecule has 40 heavy (non-hydrogen) atoms. The molecular formula is C35H58O5. The van der Waals surface area contributed by atoms with Crippen LogP contribution >= 0.6 is 0 Å². The van der Waals surface area contributed by atoms with Crippen LogP contribution in [0.2, 0.25) is 0 Å². The maximum Gasteiger partial charge on any atom is 0.312 e. The predicted octanol–water partition coefficient (Wildman–Crippen LogP) is 8.01. The smallest absolute Gasteiger partial charge is 0.312 e. The number of carbonyl (C=O) groups is 2. The summed E-state index contributed by atoms with van der Waals surface area (Å²) in [5, 5.41) is 10.6. The van der Waals surface area contributed by atoms with E-state index in [1.165, 1.54) is 44.9 Å². The van der Waals surface area contributed by atoms with Gasteiger partial charge in [-0.3, -0.25) is 9.59 Å². The normalized spacial score (nSPS) is 41.4. The molecule has 8 fully saturated rings. The molecule has 0 aromatic carbocycles. The fourth-order valence-corrected chi connectivity index (χ4v) is 10.2. The van der Waals surface area contributed by atoms with E-state index in [-0.39, 0.29) is 34.0 Å². The summed E-state index contributed by atoms with van der Waals surface area (Å²) in [4.78, 5) is 25.0. The van der Waals surface area contributed by atoms with E-state index in [2.05, 4.69) is 20.8 Å². The van der Waals surface area contributed by atoms with Crippen LogP contribution in [0, 0.1) is 45.8 Å². The Labute approximate surface area is 243 Å². The van der Waals surface area contributed by atoms with Gasteiger partial charge in [-0.2, -0.15) is 0 Å². The van der Waals surface area contributed by atoms with Crippen molar-refractivity contribution < 1.29 is 24.2 Å². The maximum atomic E-state index is 12.6. The average molecular weight is 559 g/mol. The SMILES string of the molecule is CCC(C)(C)C(=O)OC(C)(C)C12CC3CC(CC(C3)C1)C2.CCC(C)(C)C(=O)OC12CC3CC(CC(O)(C3)C1)C2. The lowest BCUT2D eigenvalue weighted by Crippen LogP contribution is -2.61. The van der Waals surface area contributed by atoms with Gasteiger partial charge in [0.1, 0.15) is 11.2 Å². The Morgan fingerprint density at radius 3 is 1.52 bits per heavy atom. The van der Waals surface area contributed by atoms with E-state index < -0.39 is 11.0 Å². The molecular weight excluding hydrogens is 500 g/mol. The molecule has 2 atom stereocenters. The van der Waals surface area contributed by atoms with Gasteiger partial charge in [-0.25, -0.2) is 0 Å². The van der Waals surface area contributed by atoms with Crippen molar-refractivity contribution in [2.24, 2.45) is 45.8 Å². The second-order valence-corrected chi connectivity index (χ2v) is 17.3. The molecule has 228 valence electrons. The zero-order valence-corrected chi connectivity index (χ0v) is 26.9. The first-order chi connectivity index (χ1) is 18.4. The van der Waals surface area contributed by atoms with E-state index in [1.54, 1.807) is 0 Å². The van der Waals surface area contributed by atoms with E-state index >= 15 is 0 Å². The first-order valence-electron chi connectivity index (χ1n) is 16.6. The number of hydrogen-bond acceptors (Lipinski definition) is 5. The molecule has 8 bridgehead atoms. The van der Waals surface area contributed by atoms with Crippen LogP contribution in [0.4, 0.5) is 0 Å². The van der Waals surface area contributed by atoms with Crippen LogP contribution in [0.3, 0.4) is 0 Å². The fourth-order valence-electron chi connectivity index (χ4n) is 10.2. The van der Waals surface area contributed by atoms with Gasteiger partial charge in [0.2, 0.25) is 0 Å². The summed E-state index contributed by atoms with van der Waals surface area (Å²) in [6.45, 7) is 16.4. The van der Waals surface area contributed by atoms with Gasteiger partial charge in [0.05, 0.1) is 16.4 Å². The first-order valence-corrected chi connectivity index (χ1v) is 16.6. The van der Waals surface area contributed by atoms with Crippen LogP contribution in [0.15, 0.2) is 0 Å². The highest BCUT2D eigenvalue weighted by atomic mass is 16.6. The number of hydrogen-bond donors (Lipinski definition) is 1. The van der Waals surface area contributed by atoms with Gasteiger partial charge in [-0.15, -0.1) is 0 Å². The molecule has 2 unspecified atom stereocenters. The molecule has 5 heteroatoms. The molecule has 0 aliphatic heterocycles. The number of carbonyl (C=O) groups excluding carboxylic acids is 2. The summed E-state index contributed by atoms with van der Waals surface area (Å²) in [5.41, 5.74) is -1.75. The van der Waals surface area contributed by atoms with Crippen molar-refractivity contribution in [3.8, 4) is 0 Å². The minimum absolute atomic E-state index is 0.00857. The Balaban J connectivity index is 0.000000162. The molecule has 0 saturated heterocycles. The molecule has 8 aliphatic rings. The average Bonchev–Trinajstić information content (AvgIpc) is 2.81. The zero-order valence-electron chi connectivity index (χ0n) is 26.9. The van der Waals surface area contributed by atoms with Crippen molar-refractivity contribution >= 4 is 11.9 Å². The minimum atomic E-state index is -0.555. The lowest BCUT2D eigenvalue weighted by Gasteiger charge is -2.61. The molecule has 0 amide bonds. The quantitative estimate of drug-likeness (QED) is 0.320. The lowest BCUT2D eigenvalue weighted by atomic mass is 9.46. The molecule has 5 nitrogen and oxygen atoms in total. The van der Waals surface area contributed by atoms with E-state index in [0.29, 0.717) is 18.3 Å². The van der Waals surface area contributed by atoms with Crippen molar-refractivity contribution in [2.45, 2.75) is 162 Å². The molecule has 0 heterocycles. The summed E-state index contributed by atoms with van der Waals surface area (Å²) in [5.74, 6) is 3.72. The fraction of sp³-hybridized carbons (Fsp3) is 0.943. The molecule has 0 aromatic heterocycles. The van der Waals surface area contributed by atoms with Crippen LogP contribution in [0.25, 0.3) is 0 Å². The van der Waals surface area contributed by atoms with E-state index in [0.717, 1.165) is 56.3 Å². The summed E-state index contributed by atoms with van der Waals surface area (Å²) in [6, 6.07) is 0. The summed E-state index contributed by atoms with van der Waals surface area (Å²) in [7, 11) is 0. The van der Waals surface area contributed by atoms with Gasteiger partial charge in [-0.05, 0) is 155 Å². The van der Waals surface area contributed by atoms with Crippen molar-refractivity contribution in [2.75, 3.05) is 0 Å². The number of esters is 2. The third-order valence-electron chi connectivity index (χ3n) is 12.8. The summed E-state index contributed by atoms with van der Waals surface area (Å²) >= 11 is 0. The van der Waals surface area contributed by atoms with E-state index in [1.807, 2.05) is 34.6 Å². The predicted molar refractivity (Wildman–Crippen MR) is 157 cm³/mol. The Morgan fingerprint density at radius 1 is 0.675 bits per heavy atom. The number of rotatable bonds is 7. The van der Waals surface area contributed by atoms with E-state index in [4.69, 9.17) is 9.47 Å². The van der Waals surface area contributed by atoms with Crippen LogP contribution in [0.1, 0.15) is 145 Å². The van der Waals surface area contributed by atoms with Crippen LogP contribution in [-0.2, 0) is 19.1 Å². The van der Waals surface area contributed by atoms with Gasteiger partial charge in [0, 0.05) is 11.8 Å². The largest absolute Gasteiger partial charge is 0.459 e. The molecule has 1 N–H and O–H groups in total. The summed E-state index contributed by atoms with van der Waals surface area (Å²) in [6.07, 6.45) is 15.4. The second-order valence-electron chi connectivity index (χ2n) is 17.3. The highest BCUT2D eigenvalue weighted by molar-refractivity contribution is 5.76. The Morgan fingerprint density at radius 2 is 1.10 bits per heavy atom. The van der Waals surface area contributed by atoms with Gasteiger partial charge < -0.3 is 14.6 Å². The Kier molecular flexibility index (Phi) is 7.58. The minimum Gasteiger partial charge on any atom is -0.459 e. The molecule has 0 spiro atoms. The first kappa shape index (κ1) is 30.4. The van der Waals surface area contributed by atoms with Crippen molar-refractivity contribution in [1.82, 2.24) is 0 Å². The van der Waals surface area contributed by atoms with Crippen LogP contribution < -0.4 is 0 Å². The maximum absolute atomic E-state index is 12.6. The molecule has 0 radical (unpaired) electrons. The monoisotopic (exact) mass is 558 g/mol. The van der Waals surface area contributed by atoms with Crippen molar-refractivity contribution in [3.05, 3.63) is 0 Å². The second kappa shape index (κ2) is 9.98. The van der Waals surface area contributed by atoms with Gasteiger partial charge in [-0.1, -0.05) is 13.8 Å².